The van der Waals surface area contributed by atoms with Gasteiger partial charge in [-0.1, -0.05) is 35.9 Å². The van der Waals surface area contributed by atoms with Crippen LogP contribution in [0.15, 0.2) is 72.4 Å². The highest BCUT2D eigenvalue weighted by Gasteiger charge is 2.21. The van der Waals surface area contributed by atoms with E-state index in [0.29, 0.717) is 11.3 Å². The van der Waals surface area contributed by atoms with E-state index in [1.807, 2.05) is 0 Å². The minimum absolute atomic E-state index is 0.0596. The lowest BCUT2D eigenvalue weighted by molar-refractivity contribution is -0.118. The van der Waals surface area contributed by atoms with E-state index in [0.717, 1.165) is 0 Å². The fourth-order valence-corrected chi connectivity index (χ4v) is 2.92. The molecule has 0 aliphatic carbocycles. The van der Waals surface area contributed by atoms with Crippen molar-refractivity contribution >= 4 is 46.8 Å². The number of halogens is 1. The first-order valence-electron chi connectivity index (χ1n) is 9.30. The molecule has 0 saturated carbocycles. The summed E-state index contributed by atoms with van der Waals surface area (Å²) in [7, 11) is 1.37. The Balaban J connectivity index is 1.99. The van der Waals surface area contributed by atoms with Gasteiger partial charge in [0.05, 0.1) is 18.4 Å². The average molecular weight is 452 g/mol. The van der Waals surface area contributed by atoms with Crippen molar-refractivity contribution in [2.24, 2.45) is 0 Å². The van der Waals surface area contributed by atoms with Crippen molar-refractivity contribution < 1.29 is 24.2 Å². The van der Waals surface area contributed by atoms with Gasteiger partial charge >= 0.3 is 5.97 Å². The number of aromatic carboxylic acids is 1. The Hall–Kier alpha value is -4.17. The van der Waals surface area contributed by atoms with Crippen LogP contribution >= 0.6 is 11.6 Å². The van der Waals surface area contributed by atoms with Crippen LogP contribution in [0.4, 0.5) is 11.4 Å². The zero-order valence-corrected chi connectivity index (χ0v) is 17.6. The minimum atomic E-state index is -1.18. The van der Waals surface area contributed by atoms with Gasteiger partial charge in [-0.25, -0.2) is 9.78 Å². The first-order valence-corrected chi connectivity index (χ1v) is 9.68. The summed E-state index contributed by atoms with van der Waals surface area (Å²) in [6.45, 7) is 0. The number of carboxylic acids is 1. The van der Waals surface area contributed by atoms with Gasteiger partial charge in [0.15, 0.2) is 0 Å². The van der Waals surface area contributed by atoms with Gasteiger partial charge < -0.3 is 20.5 Å². The Morgan fingerprint density at radius 1 is 1.00 bits per heavy atom. The quantitative estimate of drug-likeness (QED) is 0.215. The molecule has 2 amide bonds. The SMILES string of the molecule is COc1ccc(C(=O)O)cc1NC(=O)/C(=C/c1cccnc1Cl)C(=O)Nc1ccccc1. The van der Waals surface area contributed by atoms with E-state index >= 15 is 0 Å². The normalized spacial score (nSPS) is 10.9. The van der Waals surface area contributed by atoms with Crippen molar-refractivity contribution in [3.8, 4) is 5.75 Å². The number of para-hydroxylation sites is 1. The first kappa shape index (κ1) is 22.5. The third kappa shape index (κ3) is 5.50. The predicted molar refractivity (Wildman–Crippen MR) is 121 cm³/mol. The van der Waals surface area contributed by atoms with E-state index in [4.69, 9.17) is 16.3 Å². The molecule has 0 unspecified atom stereocenters. The highest BCUT2D eigenvalue weighted by molar-refractivity contribution is 6.33. The van der Waals surface area contributed by atoms with Crippen LogP contribution in [0, 0.1) is 0 Å². The molecule has 1 heterocycles. The molecule has 9 heteroatoms. The lowest BCUT2D eigenvalue weighted by Gasteiger charge is -2.13. The number of nitrogens with one attached hydrogen (secondary N) is 2. The molecule has 3 rings (SSSR count). The number of carboxylic acid groups (broad SMARTS) is 1. The summed E-state index contributed by atoms with van der Waals surface area (Å²) >= 11 is 6.10. The van der Waals surface area contributed by atoms with Crippen molar-refractivity contribution in [2.45, 2.75) is 0 Å². The summed E-state index contributed by atoms with van der Waals surface area (Å²) in [5, 5.41) is 14.5. The van der Waals surface area contributed by atoms with Crippen LogP contribution in [-0.2, 0) is 9.59 Å². The molecule has 0 spiro atoms. The summed E-state index contributed by atoms with van der Waals surface area (Å²) in [5.74, 6) is -2.44. The Labute approximate surface area is 188 Å². The van der Waals surface area contributed by atoms with Crippen LogP contribution in [0.25, 0.3) is 6.08 Å². The molecule has 162 valence electrons. The van der Waals surface area contributed by atoms with Crippen molar-refractivity contribution in [1.29, 1.82) is 0 Å². The number of anilines is 2. The van der Waals surface area contributed by atoms with Crippen LogP contribution in [-0.4, -0.2) is 35.0 Å². The molecular weight excluding hydrogens is 434 g/mol. The second-order valence-electron chi connectivity index (χ2n) is 6.44. The molecule has 0 bridgehead atoms. The van der Waals surface area contributed by atoms with Gasteiger partial charge in [0, 0.05) is 17.4 Å². The molecule has 8 nitrogen and oxygen atoms in total. The molecule has 0 saturated heterocycles. The minimum Gasteiger partial charge on any atom is -0.495 e. The zero-order valence-electron chi connectivity index (χ0n) is 16.8. The molecule has 3 N–H and O–H groups in total. The Morgan fingerprint density at radius 2 is 1.72 bits per heavy atom. The average Bonchev–Trinajstić information content (AvgIpc) is 2.78. The third-order valence-corrected chi connectivity index (χ3v) is 4.62. The molecule has 1 aromatic heterocycles. The fourth-order valence-electron chi connectivity index (χ4n) is 2.74. The molecule has 2 aromatic carbocycles. The second kappa shape index (κ2) is 10.2. The van der Waals surface area contributed by atoms with Gasteiger partial charge in [-0.3, -0.25) is 9.59 Å². The molecule has 0 aliphatic heterocycles. The van der Waals surface area contributed by atoms with Gasteiger partial charge in [-0.05, 0) is 42.5 Å². The number of methoxy groups -OCH3 is 1. The Bertz CT molecular complexity index is 1200. The number of carbonyl (C=O) groups is 3. The summed E-state index contributed by atoms with van der Waals surface area (Å²) < 4.78 is 5.20. The number of hydrogen-bond donors (Lipinski definition) is 3. The molecule has 0 fully saturated rings. The largest absolute Gasteiger partial charge is 0.495 e. The van der Waals surface area contributed by atoms with Crippen LogP contribution in [0.3, 0.4) is 0 Å². The molecular formula is C23H18ClN3O5. The van der Waals surface area contributed by atoms with Crippen LogP contribution in [0.5, 0.6) is 5.75 Å². The molecule has 32 heavy (non-hydrogen) atoms. The topological polar surface area (TPSA) is 118 Å². The Morgan fingerprint density at radius 3 is 2.38 bits per heavy atom. The summed E-state index contributed by atoms with van der Waals surface area (Å²) in [4.78, 5) is 41.3. The highest BCUT2D eigenvalue weighted by atomic mass is 35.5. The van der Waals surface area contributed by atoms with Gasteiger partial charge in [-0.15, -0.1) is 0 Å². The predicted octanol–water partition coefficient (Wildman–Crippen LogP) is 4.10. The van der Waals surface area contributed by atoms with Crippen LogP contribution in [0.1, 0.15) is 15.9 Å². The zero-order chi connectivity index (χ0) is 23.1. The standard InChI is InChI=1S/C23H18ClN3O5/c1-32-19-10-9-15(23(30)31)13-18(19)27-22(29)17(12-14-6-5-11-25-20(14)24)21(28)26-16-7-3-2-4-8-16/h2-13H,1H3,(H,26,28)(H,27,29)(H,30,31)/b17-12+. The molecule has 3 aromatic rings. The summed E-state index contributed by atoms with van der Waals surface area (Å²) in [6, 6.07) is 15.8. The van der Waals surface area contributed by atoms with Crippen LogP contribution in [0.2, 0.25) is 5.15 Å². The van der Waals surface area contributed by atoms with E-state index in [-0.39, 0.29) is 27.7 Å². The number of nitrogens with zero attached hydrogens (tertiary/aromatic N) is 1. The van der Waals surface area contributed by atoms with Crippen molar-refractivity contribution in [3.63, 3.8) is 0 Å². The molecule has 0 atom stereocenters. The second-order valence-corrected chi connectivity index (χ2v) is 6.79. The monoisotopic (exact) mass is 451 g/mol. The van der Waals surface area contributed by atoms with E-state index in [2.05, 4.69) is 15.6 Å². The first-order chi connectivity index (χ1) is 15.4. The number of ether oxygens (including phenoxy) is 1. The number of rotatable bonds is 7. The smallest absolute Gasteiger partial charge is 0.335 e. The third-order valence-electron chi connectivity index (χ3n) is 4.30. The van der Waals surface area contributed by atoms with Gasteiger partial charge in [0.2, 0.25) is 0 Å². The lowest BCUT2D eigenvalue weighted by atomic mass is 10.1. The maximum absolute atomic E-state index is 13.1. The van der Waals surface area contributed by atoms with Crippen molar-refractivity contribution in [3.05, 3.63) is 88.7 Å². The van der Waals surface area contributed by atoms with Crippen LogP contribution < -0.4 is 15.4 Å². The molecule has 0 aliphatic rings. The van der Waals surface area contributed by atoms with Gasteiger partial charge in [0.1, 0.15) is 16.5 Å². The van der Waals surface area contributed by atoms with Gasteiger partial charge in [-0.2, -0.15) is 0 Å². The number of carbonyl (C=O) groups excluding carboxylic acids is 2. The molecule has 0 radical (unpaired) electrons. The van der Waals surface area contributed by atoms with Gasteiger partial charge in [0.25, 0.3) is 11.8 Å². The number of amides is 2. The van der Waals surface area contributed by atoms with E-state index < -0.39 is 17.8 Å². The summed E-state index contributed by atoms with van der Waals surface area (Å²) in [5.41, 5.74) is 0.600. The maximum Gasteiger partial charge on any atom is 0.335 e. The van der Waals surface area contributed by atoms with E-state index in [1.165, 1.54) is 37.6 Å². The fraction of sp³-hybridized carbons (Fsp3) is 0.0435. The van der Waals surface area contributed by atoms with Crippen molar-refractivity contribution in [1.82, 2.24) is 4.98 Å². The van der Waals surface area contributed by atoms with Crippen molar-refractivity contribution in [2.75, 3.05) is 17.7 Å². The van der Waals surface area contributed by atoms with E-state index in [9.17, 15) is 19.5 Å². The number of benzene rings is 2. The summed E-state index contributed by atoms with van der Waals surface area (Å²) in [6.07, 6.45) is 2.78. The number of pyridine rings is 1. The number of hydrogen-bond acceptors (Lipinski definition) is 5. The highest BCUT2D eigenvalue weighted by Crippen LogP contribution is 2.27. The maximum atomic E-state index is 13.1. The Kier molecular flexibility index (Phi) is 7.20. The van der Waals surface area contributed by atoms with E-state index in [1.54, 1.807) is 42.5 Å². The lowest BCUT2D eigenvalue weighted by Crippen LogP contribution is -2.25. The number of aromatic nitrogens is 1.